The van der Waals surface area contributed by atoms with Gasteiger partial charge < -0.3 is 4.74 Å². The van der Waals surface area contributed by atoms with Crippen LogP contribution in [0, 0.1) is 0 Å². The molecule has 1 saturated heterocycles. The van der Waals surface area contributed by atoms with Gasteiger partial charge in [-0.1, -0.05) is 0 Å². The summed E-state index contributed by atoms with van der Waals surface area (Å²) in [6.07, 6.45) is 0. The zero-order valence-electron chi connectivity index (χ0n) is 4.97. The van der Waals surface area contributed by atoms with Crippen molar-refractivity contribution in [1.82, 2.24) is 5.32 Å². The van der Waals surface area contributed by atoms with Crippen molar-refractivity contribution in [3.8, 4) is 0 Å². The van der Waals surface area contributed by atoms with Crippen molar-refractivity contribution in [2.24, 2.45) is 0 Å². The highest BCUT2D eigenvalue weighted by Gasteiger charge is 2.39. The molecule has 0 aliphatic carbocycles. The van der Waals surface area contributed by atoms with Gasteiger partial charge in [-0.05, 0) is 6.92 Å². The molecule has 2 atom stereocenters. The molecule has 3 nitrogen and oxygen atoms in total. The van der Waals surface area contributed by atoms with E-state index in [1.807, 2.05) is 6.92 Å². The topological polar surface area (TPSA) is 48.2 Å². The molecule has 1 N–H and O–H groups in total. The van der Waals surface area contributed by atoms with E-state index in [1.165, 1.54) is 7.11 Å². The van der Waals surface area contributed by atoms with E-state index in [2.05, 4.69) is 10.1 Å². The van der Waals surface area contributed by atoms with E-state index >= 15 is 0 Å². The van der Waals surface area contributed by atoms with Gasteiger partial charge in [0.2, 0.25) is 0 Å². The molecular formula is C5H9NO2. The van der Waals surface area contributed by atoms with Crippen LogP contribution >= 0.6 is 0 Å². The van der Waals surface area contributed by atoms with E-state index < -0.39 is 0 Å². The zero-order valence-corrected chi connectivity index (χ0v) is 4.97. The maximum absolute atomic E-state index is 10.5. The molecule has 3 heteroatoms. The maximum atomic E-state index is 10.5. The molecule has 0 saturated carbocycles. The minimum atomic E-state index is -0.155. The molecule has 0 radical (unpaired) electrons. The van der Waals surface area contributed by atoms with Gasteiger partial charge in [-0.15, -0.1) is 0 Å². The molecule has 0 unspecified atom stereocenters. The third-order valence-corrected chi connectivity index (χ3v) is 1.29. The van der Waals surface area contributed by atoms with E-state index in [1.54, 1.807) is 0 Å². The van der Waals surface area contributed by atoms with Gasteiger partial charge in [0.1, 0.15) is 6.04 Å². The normalized spacial score (nSPS) is 34.2. The Labute approximate surface area is 48.0 Å². The molecule has 1 rings (SSSR count). The van der Waals surface area contributed by atoms with Crippen molar-refractivity contribution in [1.29, 1.82) is 0 Å². The second kappa shape index (κ2) is 1.74. The summed E-state index contributed by atoms with van der Waals surface area (Å²) in [6.45, 7) is 1.95. The van der Waals surface area contributed by atoms with Crippen LogP contribution in [0.2, 0.25) is 0 Å². The van der Waals surface area contributed by atoms with Crippen LogP contribution in [-0.2, 0) is 9.53 Å². The van der Waals surface area contributed by atoms with Crippen molar-refractivity contribution in [3.63, 3.8) is 0 Å². The lowest BCUT2D eigenvalue weighted by atomic mass is 10.3. The Morgan fingerprint density at radius 3 is 2.38 bits per heavy atom. The lowest BCUT2D eigenvalue weighted by molar-refractivity contribution is -0.140. The molecule has 1 fully saturated rings. The van der Waals surface area contributed by atoms with Crippen molar-refractivity contribution in [2.45, 2.75) is 19.0 Å². The molecule has 46 valence electrons. The van der Waals surface area contributed by atoms with Crippen molar-refractivity contribution in [3.05, 3.63) is 0 Å². The van der Waals surface area contributed by atoms with E-state index in [-0.39, 0.29) is 12.0 Å². The van der Waals surface area contributed by atoms with Gasteiger partial charge in [0.15, 0.2) is 0 Å². The van der Waals surface area contributed by atoms with Gasteiger partial charge in [0.05, 0.1) is 7.11 Å². The molecule has 0 aromatic rings. The van der Waals surface area contributed by atoms with Gasteiger partial charge in [0.25, 0.3) is 0 Å². The van der Waals surface area contributed by atoms with Crippen LogP contribution in [0.3, 0.4) is 0 Å². The van der Waals surface area contributed by atoms with Crippen LogP contribution in [0.1, 0.15) is 6.92 Å². The fourth-order valence-corrected chi connectivity index (χ4v) is 0.627. The number of hydrogen-bond donors (Lipinski definition) is 1. The second-order valence-electron chi connectivity index (χ2n) is 1.96. The summed E-state index contributed by atoms with van der Waals surface area (Å²) in [6, 6.07) is 0.294. The molecule has 0 aromatic carbocycles. The Balaban J connectivity index is 2.28. The largest absolute Gasteiger partial charge is 0.468 e. The third kappa shape index (κ3) is 0.816. The van der Waals surface area contributed by atoms with Crippen molar-refractivity contribution in [2.75, 3.05) is 7.11 Å². The first-order chi connectivity index (χ1) is 3.75. The molecule has 0 bridgehead atoms. The van der Waals surface area contributed by atoms with Crippen LogP contribution in [-0.4, -0.2) is 25.2 Å². The number of carbonyl (C=O) groups is 1. The average molecular weight is 115 g/mol. The lowest BCUT2D eigenvalue weighted by Gasteiger charge is -1.89. The average Bonchev–Trinajstić information content (AvgIpc) is 2.45. The predicted octanol–water partition coefficient (Wildman–Crippen LogP) is -0.480. The van der Waals surface area contributed by atoms with E-state index in [0.29, 0.717) is 6.04 Å². The molecule has 1 aliphatic rings. The highest BCUT2D eigenvalue weighted by Crippen LogP contribution is 2.09. The van der Waals surface area contributed by atoms with Crippen LogP contribution in [0.5, 0.6) is 0 Å². The fourth-order valence-electron chi connectivity index (χ4n) is 0.627. The molecule has 8 heavy (non-hydrogen) atoms. The molecule has 0 spiro atoms. The van der Waals surface area contributed by atoms with Gasteiger partial charge in [0, 0.05) is 6.04 Å². The quantitative estimate of drug-likeness (QED) is 0.371. The lowest BCUT2D eigenvalue weighted by Crippen LogP contribution is -2.11. The fraction of sp³-hybridized carbons (Fsp3) is 0.800. The summed E-state index contributed by atoms with van der Waals surface area (Å²) in [5.41, 5.74) is 0. The molecule has 0 aromatic heterocycles. The van der Waals surface area contributed by atoms with Crippen molar-refractivity contribution < 1.29 is 9.53 Å². The summed E-state index contributed by atoms with van der Waals surface area (Å²) >= 11 is 0. The maximum Gasteiger partial charge on any atom is 0.324 e. The smallest absolute Gasteiger partial charge is 0.324 e. The third-order valence-electron chi connectivity index (χ3n) is 1.29. The Bertz CT molecular complexity index is 113. The highest BCUT2D eigenvalue weighted by molar-refractivity contribution is 5.79. The number of ether oxygens (including phenoxy) is 1. The molecule has 0 amide bonds. The van der Waals surface area contributed by atoms with E-state index in [4.69, 9.17) is 0 Å². The predicted molar refractivity (Wildman–Crippen MR) is 28.4 cm³/mol. The SMILES string of the molecule is COC(=O)[C@@H]1N[C@@H]1C. The minimum Gasteiger partial charge on any atom is -0.468 e. The van der Waals surface area contributed by atoms with Gasteiger partial charge in [-0.3, -0.25) is 10.1 Å². The first-order valence-corrected chi connectivity index (χ1v) is 2.59. The summed E-state index contributed by atoms with van der Waals surface area (Å²) in [5, 5.41) is 2.91. The van der Waals surface area contributed by atoms with E-state index in [0.717, 1.165) is 0 Å². The monoisotopic (exact) mass is 115 g/mol. The van der Waals surface area contributed by atoms with Crippen LogP contribution < -0.4 is 5.32 Å². The Morgan fingerprint density at radius 2 is 2.25 bits per heavy atom. The first-order valence-electron chi connectivity index (χ1n) is 2.59. The molecular weight excluding hydrogens is 106 g/mol. The first kappa shape index (κ1) is 5.56. The van der Waals surface area contributed by atoms with Gasteiger partial charge in [-0.2, -0.15) is 0 Å². The summed E-state index contributed by atoms with van der Waals surface area (Å²) < 4.78 is 4.44. The highest BCUT2D eigenvalue weighted by atomic mass is 16.5. The van der Waals surface area contributed by atoms with Crippen LogP contribution in [0.25, 0.3) is 0 Å². The Kier molecular flexibility index (Phi) is 1.21. The minimum absolute atomic E-state index is 0.0278. The summed E-state index contributed by atoms with van der Waals surface area (Å²) in [5.74, 6) is -0.155. The molecule has 1 heterocycles. The van der Waals surface area contributed by atoms with Gasteiger partial charge in [-0.25, -0.2) is 0 Å². The van der Waals surface area contributed by atoms with Crippen LogP contribution in [0.15, 0.2) is 0 Å². The number of nitrogens with one attached hydrogen (secondary N) is 1. The Morgan fingerprint density at radius 1 is 1.75 bits per heavy atom. The van der Waals surface area contributed by atoms with Gasteiger partial charge >= 0.3 is 5.97 Å². The summed E-state index contributed by atoms with van der Waals surface area (Å²) in [4.78, 5) is 10.5. The number of methoxy groups -OCH3 is 1. The standard InChI is InChI=1S/C5H9NO2/c1-3-4(6-3)5(7)8-2/h3-4,6H,1-2H3/t3-,4-/m1/s1. The number of carbonyl (C=O) groups excluding carboxylic acids is 1. The Hall–Kier alpha value is -0.570. The number of esters is 1. The zero-order chi connectivity index (χ0) is 6.15. The number of rotatable bonds is 1. The molecule has 1 aliphatic heterocycles. The van der Waals surface area contributed by atoms with E-state index in [9.17, 15) is 4.79 Å². The second-order valence-corrected chi connectivity index (χ2v) is 1.96. The summed E-state index contributed by atoms with van der Waals surface area (Å²) in [7, 11) is 1.40. The number of hydrogen-bond acceptors (Lipinski definition) is 3. The van der Waals surface area contributed by atoms with Crippen molar-refractivity contribution >= 4 is 5.97 Å². The van der Waals surface area contributed by atoms with Crippen LogP contribution in [0.4, 0.5) is 0 Å².